The zero-order valence-electron chi connectivity index (χ0n) is 13.6. The summed E-state index contributed by atoms with van der Waals surface area (Å²) in [6, 6.07) is 0.479. The van der Waals surface area contributed by atoms with Gasteiger partial charge in [-0.3, -0.25) is 10.1 Å². The van der Waals surface area contributed by atoms with E-state index in [1.165, 1.54) is 38.5 Å². The Bertz CT molecular complexity index is 381. The first-order valence-corrected chi connectivity index (χ1v) is 10.1. The number of carbonyl (C=O) groups excluding carboxylic acids is 1. The van der Waals surface area contributed by atoms with Gasteiger partial charge in [0.2, 0.25) is 5.91 Å². The van der Waals surface area contributed by atoms with Gasteiger partial charge in [0, 0.05) is 11.3 Å². The predicted molar refractivity (Wildman–Crippen MR) is 89.4 cm³/mol. The lowest BCUT2D eigenvalue weighted by atomic mass is 9.91. The van der Waals surface area contributed by atoms with E-state index in [0.29, 0.717) is 18.1 Å². The SMILES string of the molecule is CCCC1NC2(CCCC2)C(=O)N1C1CCCC(SC)C1. The number of hydrogen-bond acceptors (Lipinski definition) is 3. The lowest BCUT2D eigenvalue weighted by Gasteiger charge is -2.38. The summed E-state index contributed by atoms with van der Waals surface area (Å²) >= 11 is 1.99. The second kappa shape index (κ2) is 6.49. The molecule has 2 aliphatic carbocycles. The van der Waals surface area contributed by atoms with Crippen LogP contribution in [0, 0.1) is 0 Å². The molecule has 2 saturated carbocycles. The molecule has 1 amide bonds. The van der Waals surface area contributed by atoms with Crippen molar-refractivity contribution in [1.82, 2.24) is 10.2 Å². The number of rotatable bonds is 4. The van der Waals surface area contributed by atoms with E-state index in [2.05, 4.69) is 23.4 Å². The zero-order valence-corrected chi connectivity index (χ0v) is 14.4. The third kappa shape index (κ3) is 2.86. The Hall–Kier alpha value is -0.220. The average Bonchev–Trinajstić information content (AvgIpc) is 3.07. The van der Waals surface area contributed by atoms with Crippen LogP contribution < -0.4 is 5.32 Å². The highest BCUT2D eigenvalue weighted by molar-refractivity contribution is 7.99. The van der Waals surface area contributed by atoms with Crippen molar-refractivity contribution in [1.29, 1.82) is 0 Å². The van der Waals surface area contributed by atoms with E-state index >= 15 is 0 Å². The van der Waals surface area contributed by atoms with Crippen LogP contribution in [0.2, 0.25) is 0 Å². The van der Waals surface area contributed by atoms with Crippen LogP contribution in [-0.2, 0) is 4.79 Å². The molecule has 0 aromatic heterocycles. The molecule has 1 heterocycles. The molecule has 4 heteroatoms. The Labute approximate surface area is 133 Å². The van der Waals surface area contributed by atoms with Gasteiger partial charge in [0.25, 0.3) is 0 Å². The van der Waals surface area contributed by atoms with Gasteiger partial charge >= 0.3 is 0 Å². The molecule has 3 rings (SSSR count). The van der Waals surface area contributed by atoms with Crippen LogP contribution >= 0.6 is 11.8 Å². The third-order valence-electron chi connectivity index (χ3n) is 5.77. The van der Waals surface area contributed by atoms with Gasteiger partial charge in [-0.15, -0.1) is 0 Å². The van der Waals surface area contributed by atoms with E-state index in [4.69, 9.17) is 0 Å². The van der Waals surface area contributed by atoms with Crippen molar-refractivity contribution in [2.45, 2.75) is 94.1 Å². The van der Waals surface area contributed by atoms with Crippen molar-refractivity contribution in [2.75, 3.05) is 6.26 Å². The second-order valence-electron chi connectivity index (χ2n) is 7.13. The average molecular weight is 311 g/mol. The molecule has 21 heavy (non-hydrogen) atoms. The van der Waals surface area contributed by atoms with E-state index < -0.39 is 0 Å². The Kier molecular flexibility index (Phi) is 4.84. The van der Waals surface area contributed by atoms with Crippen molar-refractivity contribution < 1.29 is 4.79 Å². The van der Waals surface area contributed by atoms with Crippen LogP contribution in [-0.4, -0.2) is 40.1 Å². The maximum Gasteiger partial charge on any atom is 0.244 e. The third-order valence-corrected chi connectivity index (χ3v) is 6.86. The fourth-order valence-electron chi connectivity index (χ4n) is 4.67. The van der Waals surface area contributed by atoms with Crippen molar-refractivity contribution in [3.05, 3.63) is 0 Å². The van der Waals surface area contributed by atoms with Gasteiger partial charge in [-0.2, -0.15) is 11.8 Å². The van der Waals surface area contributed by atoms with Gasteiger partial charge in [-0.1, -0.05) is 32.6 Å². The summed E-state index contributed by atoms with van der Waals surface area (Å²) < 4.78 is 0. The summed E-state index contributed by atoms with van der Waals surface area (Å²) in [5.41, 5.74) is -0.188. The Balaban J connectivity index is 1.78. The van der Waals surface area contributed by atoms with Crippen molar-refractivity contribution in [3.63, 3.8) is 0 Å². The molecule has 3 aliphatic rings. The molecular weight excluding hydrogens is 280 g/mol. The molecule has 3 nitrogen and oxygen atoms in total. The molecule has 0 aromatic rings. The van der Waals surface area contributed by atoms with E-state index in [0.717, 1.165) is 30.9 Å². The molecule has 3 atom stereocenters. The summed E-state index contributed by atoms with van der Waals surface area (Å²) in [6.45, 7) is 2.23. The lowest BCUT2D eigenvalue weighted by molar-refractivity contribution is -0.136. The molecule has 0 bridgehead atoms. The highest BCUT2D eigenvalue weighted by Crippen LogP contribution is 2.41. The lowest BCUT2D eigenvalue weighted by Crippen LogP contribution is -2.47. The number of thioether (sulfide) groups is 1. The molecule has 1 spiro atoms. The topological polar surface area (TPSA) is 32.3 Å². The molecule has 120 valence electrons. The fourth-order valence-corrected chi connectivity index (χ4v) is 5.48. The normalized spacial score (nSPS) is 35.8. The Morgan fingerprint density at radius 1 is 1.29 bits per heavy atom. The zero-order chi connectivity index (χ0) is 14.9. The highest BCUT2D eigenvalue weighted by atomic mass is 32.2. The summed E-state index contributed by atoms with van der Waals surface area (Å²) in [7, 11) is 0. The van der Waals surface area contributed by atoms with Crippen molar-refractivity contribution in [2.24, 2.45) is 0 Å². The van der Waals surface area contributed by atoms with E-state index in [9.17, 15) is 4.79 Å². The quantitative estimate of drug-likeness (QED) is 0.862. The molecule has 3 fully saturated rings. The predicted octanol–water partition coefficient (Wildman–Crippen LogP) is 3.53. The first kappa shape index (κ1) is 15.7. The Morgan fingerprint density at radius 2 is 2.05 bits per heavy atom. The largest absolute Gasteiger partial charge is 0.323 e. The van der Waals surface area contributed by atoms with Gasteiger partial charge < -0.3 is 4.90 Å². The standard InChI is InChI=1S/C17H30N2OS/c1-3-7-15-18-17(10-4-5-11-17)16(20)19(15)13-8-6-9-14(12-13)21-2/h13-15,18H,3-12H2,1-2H3. The highest BCUT2D eigenvalue weighted by Gasteiger charge is 2.53. The second-order valence-corrected chi connectivity index (χ2v) is 8.27. The minimum absolute atomic E-state index is 0.188. The molecule has 1 aliphatic heterocycles. The van der Waals surface area contributed by atoms with Crippen LogP contribution in [0.4, 0.5) is 0 Å². The van der Waals surface area contributed by atoms with Crippen LogP contribution in [0.5, 0.6) is 0 Å². The molecule has 3 unspecified atom stereocenters. The number of nitrogens with zero attached hydrogens (tertiary/aromatic N) is 1. The van der Waals surface area contributed by atoms with Crippen LogP contribution in [0.1, 0.15) is 71.1 Å². The van der Waals surface area contributed by atoms with E-state index in [1.54, 1.807) is 0 Å². The van der Waals surface area contributed by atoms with Gasteiger partial charge in [-0.25, -0.2) is 0 Å². The van der Waals surface area contributed by atoms with Gasteiger partial charge in [0.1, 0.15) is 0 Å². The molecular formula is C17H30N2OS. The first-order chi connectivity index (χ1) is 10.2. The van der Waals surface area contributed by atoms with Crippen LogP contribution in [0.15, 0.2) is 0 Å². The van der Waals surface area contributed by atoms with Crippen LogP contribution in [0.3, 0.4) is 0 Å². The minimum Gasteiger partial charge on any atom is -0.323 e. The summed E-state index contributed by atoms with van der Waals surface area (Å²) in [4.78, 5) is 15.5. The number of nitrogens with one attached hydrogen (secondary N) is 1. The van der Waals surface area contributed by atoms with Gasteiger partial charge in [-0.05, 0) is 44.8 Å². The summed E-state index contributed by atoms with van der Waals surface area (Å²) in [6.07, 6.45) is 14.3. The van der Waals surface area contributed by atoms with Crippen molar-refractivity contribution >= 4 is 17.7 Å². The van der Waals surface area contributed by atoms with E-state index in [1.807, 2.05) is 11.8 Å². The minimum atomic E-state index is -0.188. The summed E-state index contributed by atoms with van der Waals surface area (Å²) in [5.74, 6) is 0.435. The molecule has 1 N–H and O–H groups in total. The fraction of sp³-hybridized carbons (Fsp3) is 0.941. The molecule has 1 saturated heterocycles. The Morgan fingerprint density at radius 3 is 2.71 bits per heavy atom. The summed E-state index contributed by atoms with van der Waals surface area (Å²) in [5, 5.41) is 4.52. The van der Waals surface area contributed by atoms with Crippen molar-refractivity contribution in [3.8, 4) is 0 Å². The van der Waals surface area contributed by atoms with E-state index in [-0.39, 0.29) is 5.54 Å². The van der Waals surface area contributed by atoms with Gasteiger partial charge in [0.05, 0.1) is 11.7 Å². The maximum atomic E-state index is 13.2. The van der Waals surface area contributed by atoms with Gasteiger partial charge in [0.15, 0.2) is 0 Å². The number of hydrogen-bond donors (Lipinski definition) is 1. The monoisotopic (exact) mass is 310 g/mol. The number of amides is 1. The molecule has 0 aromatic carbocycles. The smallest absolute Gasteiger partial charge is 0.244 e. The number of carbonyl (C=O) groups is 1. The van der Waals surface area contributed by atoms with Crippen LogP contribution in [0.25, 0.3) is 0 Å². The molecule has 0 radical (unpaired) electrons. The first-order valence-electron chi connectivity index (χ1n) is 8.83. The maximum absolute atomic E-state index is 13.2.